The lowest BCUT2D eigenvalue weighted by Gasteiger charge is -2.06. The van der Waals surface area contributed by atoms with Crippen LogP contribution in [0.2, 0.25) is 0 Å². The van der Waals surface area contributed by atoms with E-state index in [0.717, 1.165) is 0 Å². The number of nitrogens with one attached hydrogen (secondary N) is 1. The maximum atomic E-state index is 12.5. The number of primary amides is 1. The van der Waals surface area contributed by atoms with Crippen LogP contribution in [0.3, 0.4) is 0 Å². The highest BCUT2D eigenvalue weighted by atomic mass is 16.6. The van der Waals surface area contributed by atoms with Crippen LogP contribution < -0.4 is 11.1 Å². The normalized spacial score (nSPS) is 10.6. The Hall–Kier alpha value is -3.68. The zero-order chi connectivity index (χ0) is 18.1. The number of hydrogen-bond acceptors (Lipinski definition) is 5. The standard InChI is InChI=1S/C17H13N3O5/c1-9-6-7-10(8-12(9)20(23)24)17(22)19-14-11-4-2-3-5-13(11)25-15(14)16(18)21/h2-8H,1H3,(H2,18,21)(H,19,22). The van der Waals surface area contributed by atoms with Crippen LogP contribution in [-0.2, 0) is 0 Å². The third-order valence-corrected chi connectivity index (χ3v) is 3.73. The predicted molar refractivity (Wildman–Crippen MR) is 90.5 cm³/mol. The molecule has 3 N–H and O–H groups in total. The van der Waals surface area contributed by atoms with Crippen LogP contribution in [0, 0.1) is 17.0 Å². The fourth-order valence-corrected chi connectivity index (χ4v) is 2.48. The third-order valence-electron chi connectivity index (χ3n) is 3.73. The Balaban J connectivity index is 2.03. The number of amides is 2. The Labute approximate surface area is 141 Å². The fraction of sp³-hybridized carbons (Fsp3) is 0.0588. The Bertz CT molecular complexity index is 1020. The smallest absolute Gasteiger partial charge is 0.286 e. The summed E-state index contributed by atoms with van der Waals surface area (Å²) >= 11 is 0. The van der Waals surface area contributed by atoms with Crippen molar-refractivity contribution in [1.29, 1.82) is 0 Å². The van der Waals surface area contributed by atoms with Gasteiger partial charge in [0.2, 0.25) is 5.76 Å². The van der Waals surface area contributed by atoms with Crippen LogP contribution >= 0.6 is 0 Å². The van der Waals surface area contributed by atoms with Crippen molar-refractivity contribution in [2.75, 3.05) is 5.32 Å². The van der Waals surface area contributed by atoms with Crippen molar-refractivity contribution in [3.8, 4) is 0 Å². The molecular formula is C17H13N3O5. The van der Waals surface area contributed by atoms with E-state index in [1.807, 2.05) is 0 Å². The minimum absolute atomic E-state index is 0.0815. The molecule has 0 aliphatic heterocycles. The summed E-state index contributed by atoms with van der Waals surface area (Å²) < 4.78 is 5.38. The highest BCUT2D eigenvalue weighted by Gasteiger charge is 2.22. The maximum Gasteiger partial charge on any atom is 0.286 e. The number of aryl methyl sites for hydroxylation is 1. The van der Waals surface area contributed by atoms with Crippen molar-refractivity contribution in [3.63, 3.8) is 0 Å². The summed E-state index contributed by atoms with van der Waals surface area (Å²) in [6.07, 6.45) is 0. The number of benzene rings is 2. The van der Waals surface area contributed by atoms with Gasteiger partial charge in [-0.25, -0.2) is 0 Å². The van der Waals surface area contributed by atoms with Gasteiger partial charge < -0.3 is 15.5 Å². The van der Waals surface area contributed by atoms with Crippen LogP contribution in [-0.4, -0.2) is 16.7 Å². The van der Waals surface area contributed by atoms with Gasteiger partial charge in [-0.05, 0) is 25.1 Å². The quantitative estimate of drug-likeness (QED) is 0.557. The molecule has 0 radical (unpaired) electrons. The number of carbonyl (C=O) groups excluding carboxylic acids is 2. The van der Waals surface area contributed by atoms with Gasteiger partial charge in [0.05, 0.1) is 4.92 Å². The van der Waals surface area contributed by atoms with Gasteiger partial charge in [0.25, 0.3) is 17.5 Å². The summed E-state index contributed by atoms with van der Waals surface area (Å²) in [5.74, 6) is -1.63. The van der Waals surface area contributed by atoms with Crippen LogP contribution in [0.1, 0.15) is 26.5 Å². The monoisotopic (exact) mass is 339 g/mol. The molecule has 0 bridgehead atoms. The first-order chi connectivity index (χ1) is 11.9. The molecule has 126 valence electrons. The second-order valence-electron chi connectivity index (χ2n) is 5.38. The number of nitro groups is 1. The van der Waals surface area contributed by atoms with E-state index in [4.69, 9.17) is 10.2 Å². The molecular weight excluding hydrogens is 326 g/mol. The van der Waals surface area contributed by atoms with Gasteiger partial charge in [-0.15, -0.1) is 0 Å². The van der Waals surface area contributed by atoms with Gasteiger partial charge in [-0.3, -0.25) is 19.7 Å². The molecule has 0 spiro atoms. The van der Waals surface area contributed by atoms with E-state index in [1.54, 1.807) is 31.2 Å². The number of para-hydroxylation sites is 1. The van der Waals surface area contributed by atoms with E-state index in [2.05, 4.69) is 5.32 Å². The number of nitrogens with two attached hydrogens (primary N) is 1. The molecule has 0 fully saturated rings. The molecule has 25 heavy (non-hydrogen) atoms. The average molecular weight is 339 g/mol. The van der Waals surface area contributed by atoms with Crippen molar-refractivity contribution in [2.24, 2.45) is 5.73 Å². The number of hydrogen-bond donors (Lipinski definition) is 2. The first kappa shape index (κ1) is 16.2. The van der Waals surface area contributed by atoms with E-state index in [-0.39, 0.29) is 22.7 Å². The molecule has 0 saturated carbocycles. The molecule has 3 rings (SSSR count). The molecule has 8 heteroatoms. The van der Waals surface area contributed by atoms with Crippen molar-refractivity contribution in [2.45, 2.75) is 6.92 Å². The highest BCUT2D eigenvalue weighted by molar-refractivity contribution is 6.14. The summed E-state index contributed by atoms with van der Waals surface area (Å²) in [5, 5.41) is 14.1. The molecule has 8 nitrogen and oxygen atoms in total. The largest absolute Gasteiger partial charge is 0.449 e. The number of anilines is 1. The summed E-state index contributed by atoms with van der Waals surface area (Å²) in [4.78, 5) is 34.5. The number of nitro benzene ring substituents is 1. The van der Waals surface area contributed by atoms with Gasteiger partial charge in [-0.2, -0.15) is 0 Å². The van der Waals surface area contributed by atoms with Crippen LogP contribution in [0.25, 0.3) is 11.0 Å². The lowest BCUT2D eigenvalue weighted by Crippen LogP contribution is -2.17. The van der Waals surface area contributed by atoms with Crippen LogP contribution in [0.15, 0.2) is 46.9 Å². The lowest BCUT2D eigenvalue weighted by molar-refractivity contribution is -0.385. The molecule has 2 aromatic carbocycles. The van der Waals surface area contributed by atoms with E-state index < -0.39 is 16.7 Å². The molecule has 3 aromatic rings. The SMILES string of the molecule is Cc1ccc(C(=O)Nc2c(C(N)=O)oc3ccccc23)cc1[N+](=O)[O-]. The predicted octanol–water partition coefficient (Wildman–Crippen LogP) is 3.00. The van der Waals surface area contributed by atoms with Crippen LogP contribution in [0.5, 0.6) is 0 Å². The van der Waals surface area contributed by atoms with E-state index in [1.165, 1.54) is 18.2 Å². The van der Waals surface area contributed by atoms with Gasteiger partial charge in [0.15, 0.2) is 0 Å². The molecule has 0 unspecified atom stereocenters. The van der Waals surface area contributed by atoms with Crippen LogP contribution in [0.4, 0.5) is 11.4 Å². The lowest BCUT2D eigenvalue weighted by atomic mass is 10.1. The molecule has 0 aliphatic rings. The van der Waals surface area contributed by atoms with E-state index in [0.29, 0.717) is 16.5 Å². The zero-order valence-electron chi connectivity index (χ0n) is 13.1. The van der Waals surface area contributed by atoms with Crippen molar-refractivity contribution >= 4 is 34.2 Å². The zero-order valence-corrected chi connectivity index (χ0v) is 13.1. The Morgan fingerprint density at radius 3 is 2.60 bits per heavy atom. The minimum atomic E-state index is -0.832. The van der Waals surface area contributed by atoms with Gasteiger partial charge >= 0.3 is 0 Å². The second kappa shape index (κ2) is 6.08. The second-order valence-corrected chi connectivity index (χ2v) is 5.38. The maximum absolute atomic E-state index is 12.5. The third kappa shape index (κ3) is 2.92. The summed E-state index contributed by atoms with van der Waals surface area (Å²) in [6, 6.07) is 10.9. The summed E-state index contributed by atoms with van der Waals surface area (Å²) in [6.45, 7) is 1.58. The van der Waals surface area contributed by atoms with Gasteiger partial charge in [0, 0.05) is 22.6 Å². The number of fused-ring (bicyclic) bond motifs is 1. The molecule has 1 aromatic heterocycles. The Kier molecular flexibility index (Phi) is 3.94. The summed E-state index contributed by atoms with van der Waals surface area (Å²) in [5.41, 5.74) is 6.18. The molecule has 1 heterocycles. The van der Waals surface area contributed by atoms with Crippen molar-refractivity contribution in [3.05, 3.63) is 69.5 Å². The molecule has 0 aliphatic carbocycles. The molecule has 2 amide bonds. The highest BCUT2D eigenvalue weighted by Crippen LogP contribution is 2.31. The number of furan rings is 1. The van der Waals surface area contributed by atoms with E-state index >= 15 is 0 Å². The first-order valence-electron chi connectivity index (χ1n) is 7.26. The first-order valence-corrected chi connectivity index (χ1v) is 7.26. The Morgan fingerprint density at radius 2 is 1.92 bits per heavy atom. The number of nitrogens with zero attached hydrogens (tertiary/aromatic N) is 1. The summed E-state index contributed by atoms with van der Waals surface area (Å²) in [7, 11) is 0. The average Bonchev–Trinajstić information content (AvgIpc) is 2.94. The van der Waals surface area contributed by atoms with E-state index in [9.17, 15) is 19.7 Å². The fourth-order valence-electron chi connectivity index (χ4n) is 2.48. The molecule has 0 saturated heterocycles. The van der Waals surface area contributed by atoms with Gasteiger partial charge in [-0.1, -0.05) is 18.2 Å². The number of rotatable bonds is 4. The minimum Gasteiger partial charge on any atom is -0.449 e. The topological polar surface area (TPSA) is 128 Å². The van der Waals surface area contributed by atoms with Gasteiger partial charge in [0.1, 0.15) is 11.3 Å². The van der Waals surface area contributed by atoms with Crippen molar-refractivity contribution in [1.82, 2.24) is 0 Å². The Morgan fingerprint density at radius 1 is 1.20 bits per heavy atom. The van der Waals surface area contributed by atoms with Crippen molar-refractivity contribution < 1.29 is 18.9 Å². The molecule has 0 atom stereocenters. The number of carbonyl (C=O) groups is 2.